The largest absolute Gasteiger partial charge is 0.490 e. The highest BCUT2D eigenvalue weighted by molar-refractivity contribution is 6.31. The third kappa shape index (κ3) is 6.98. The molecule has 29 heavy (non-hydrogen) atoms. The van der Waals surface area contributed by atoms with Crippen LogP contribution in [-0.2, 0) is 16.0 Å². The van der Waals surface area contributed by atoms with Gasteiger partial charge in [-0.3, -0.25) is 4.79 Å². The van der Waals surface area contributed by atoms with Crippen LogP contribution in [0.1, 0.15) is 18.4 Å². The average Bonchev–Trinajstić information content (AvgIpc) is 3.18. The van der Waals surface area contributed by atoms with Crippen LogP contribution in [0, 0.1) is 0 Å². The minimum Gasteiger partial charge on any atom is -0.475 e. The topological polar surface area (TPSA) is 69.6 Å². The molecular formula is C20H20ClF3N2O3. The lowest BCUT2D eigenvalue weighted by Gasteiger charge is -2.21. The Labute approximate surface area is 171 Å². The van der Waals surface area contributed by atoms with Gasteiger partial charge in [0.15, 0.2) is 0 Å². The lowest BCUT2D eigenvalue weighted by molar-refractivity contribution is -0.192. The highest BCUT2D eigenvalue weighted by atomic mass is 35.5. The number of para-hydroxylation sites is 2. The van der Waals surface area contributed by atoms with Crippen molar-refractivity contribution in [3.05, 3.63) is 59.1 Å². The summed E-state index contributed by atoms with van der Waals surface area (Å²) in [4.78, 5) is 23.5. The van der Waals surface area contributed by atoms with Crippen molar-refractivity contribution >= 4 is 34.9 Å². The zero-order chi connectivity index (χ0) is 21.4. The van der Waals surface area contributed by atoms with Gasteiger partial charge in [-0.05, 0) is 36.6 Å². The number of anilines is 2. The van der Waals surface area contributed by atoms with Crippen LogP contribution in [0.3, 0.4) is 0 Å². The minimum absolute atomic E-state index is 0.0419. The van der Waals surface area contributed by atoms with Crippen molar-refractivity contribution < 1.29 is 27.9 Å². The van der Waals surface area contributed by atoms with Crippen LogP contribution in [0.5, 0.6) is 0 Å². The molecule has 2 aromatic rings. The number of carbonyl (C=O) groups excluding carboxylic acids is 1. The summed E-state index contributed by atoms with van der Waals surface area (Å²) in [5, 5.41) is 10.8. The number of nitrogens with zero attached hydrogens (tertiary/aromatic N) is 1. The van der Waals surface area contributed by atoms with Gasteiger partial charge in [-0.25, -0.2) is 4.79 Å². The number of alkyl halides is 3. The summed E-state index contributed by atoms with van der Waals surface area (Å²) in [6, 6.07) is 15.4. The summed E-state index contributed by atoms with van der Waals surface area (Å²) < 4.78 is 31.7. The standard InChI is InChI=1S/C18H19ClN2O.C2HF3O2/c19-15-8-2-1-7-14(15)13-18(22)20-16-9-3-4-10-17(16)21-11-5-6-12-21;3-2(4,5)1(6)7/h1-4,7-10H,5-6,11-13H2,(H,20,22);(H,6,7). The molecule has 0 aliphatic carbocycles. The highest BCUT2D eigenvalue weighted by Gasteiger charge is 2.38. The van der Waals surface area contributed by atoms with Crippen molar-refractivity contribution in [3.63, 3.8) is 0 Å². The normalized spacial score (nSPS) is 13.4. The number of amides is 1. The monoisotopic (exact) mass is 428 g/mol. The van der Waals surface area contributed by atoms with Crippen molar-refractivity contribution in [2.45, 2.75) is 25.4 Å². The van der Waals surface area contributed by atoms with E-state index in [4.69, 9.17) is 21.5 Å². The molecule has 1 heterocycles. The first-order valence-corrected chi connectivity index (χ1v) is 9.23. The number of nitrogens with one attached hydrogen (secondary N) is 1. The molecule has 0 atom stereocenters. The SMILES string of the molecule is O=C(Cc1ccccc1Cl)Nc1ccccc1N1CCCC1.O=C(O)C(F)(F)F. The van der Waals surface area contributed by atoms with Gasteiger partial charge in [0, 0.05) is 18.1 Å². The number of aliphatic carboxylic acids is 1. The third-order valence-electron chi connectivity index (χ3n) is 4.18. The van der Waals surface area contributed by atoms with Crippen LogP contribution in [-0.4, -0.2) is 36.2 Å². The molecule has 0 spiro atoms. The fourth-order valence-corrected chi connectivity index (χ4v) is 3.02. The van der Waals surface area contributed by atoms with E-state index in [0.29, 0.717) is 5.02 Å². The first-order chi connectivity index (χ1) is 13.7. The number of halogens is 4. The van der Waals surface area contributed by atoms with Gasteiger partial charge >= 0.3 is 12.1 Å². The number of benzene rings is 2. The summed E-state index contributed by atoms with van der Waals surface area (Å²) in [6.07, 6.45) is -2.38. The first-order valence-electron chi connectivity index (χ1n) is 8.86. The van der Waals surface area contributed by atoms with Gasteiger partial charge in [0.25, 0.3) is 0 Å². The van der Waals surface area contributed by atoms with Crippen molar-refractivity contribution in [1.29, 1.82) is 0 Å². The Morgan fingerprint density at radius 2 is 1.59 bits per heavy atom. The molecule has 1 amide bonds. The van der Waals surface area contributed by atoms with E-state index in [1.54, 1.807) is 0 Å². The smallest absolute Gasteiger partial charge is 0.475 e. The molecule has 5 nitrogen and oxygen atoms in total. The van der Waals surface area contributed by atoms with E-state index in [1.807, 2.05) is 42.5 Å². The fraction of sp³-hybridized carbons (Fsp3) is 0.300. The summed E-state index contributed by atoms with van der Waals surface area (Å²) in [7, 11) is 0. The number of carbonyl (C=O) groups is 2. The molecule has 0 bridgehead atoms. The summed E-state index contributed by atoms with van der Waals surface area (Å²) in [6.45, 7) is 2.11. The lowest BCUT2D eigenvalue weighted by Crippen LogP contribution is -2.21. The van der Waals surface area contributed by atoms with Crippen LogP contribution in [0.2, 0.25) is 5.02 Å². The van der Waals surface area contributed by atoms with E-state index < -0.39 is 12.1 Å². The molecule has 1 saturated heterocycles. The van der Waals surface area contributed by atoms with Crippen LogP contribution in [0.4, 0.5) is 24.5 Å². The Morgan fingerprint density at radius 1 is 1.03 bits per heavy atom. The predicted molar refractivity (Wildman–Crippen MR) is 105 cm³/mol. The molecular weight excluding hydrogens is 409 g/mol. The van der Waals surface area contributed by atoms with E-state index in [9.17, 15) is 18.0 Å². The summed E-state index contributed by atoms with van der Waals surface area (Å²) >= 11 is 6.12. The van der Waals surface area contributed by atoms with Gasteiger partial charge in [-0.2, -0.15) is 13.2 Å². The number of carboxylic acids is 1. The minimum atomic E-state index is -5.08. The van der Waals surface area contributed by atoms with E-state index >= 15 is 0 Å². The molecule has 1 aliphatic heterocycles. The Morgan fingerprint density at radius 3 is 2.17 bits per heavy atom. The van der Waals surface area contributed by atoms with Gasteiger partial charge in [-0.15, -0.1) is 0 Å². The number of rotatable bonds is 4. The lowest BCUT2D eigenvalue weighted by atomic mass is 10.1. The fourth-order valence-electron chi connectivity index (χ4n) is 2.82. The Bertz CT molecular complexity index is 853. The second-order valence-corrected chi connectivity index (χ2v) is 6.74. The van der Waals surface area contributed by atoms with Crippen LogP contribution in [0.25, 0.3) is 0 Å². The van der Waals surface area contributed by atoms with Gasteiger partial charge in [0.05, 0.1) is 17.8 Å². The molecule has 0 saturated carbocycles. The maximum Gasteiger partial charge on any atom is 0.490 e. The molecule has 1 fully saturated rings. The van der Waals surface area contributed by atoms with E-state index in [-0.39, 0.29) is 12.3 Å². The Balaban J connectivity index is 0.000000370. The van der Waals surface area contributed by atoms with Crippen molar-refractivity contribution in [2.24, 2.45) is 0 Å². The van der Waals surface area contributed by atoms with E-state index in [0.717, 1.165) is 30.0 Å². The van der Waals surface area contributed by atoms with Gasteiger partial charge in [0.2, 0.25) is 5.91 Å². The number of hydrogen-bond acceptors (Lipinski definition) is 3. The zero-order valence-corrected chi connectivity index (χ0v) is 16.1. The number of carboxylic acid groups (broad SMARTS) is 1. The summed E-state index contributed by atoms with van der Waals surface area (Å²) in [5.74, 6) is -2.80. The van der Waals surface area contributed by atoms with Crippen molar-refractivity contribution in [2.75, 3.05) is 23.3 Å². The molecule has 0 unspecified atom stereocenters. The van der Waals surface area contributed by atoms with Gasteiger partial charge < -0.3 is 15.3 Å². The van der Waals surface area contributed by atoms with Crippen molar-refractivity contribution in [3.8, 4) is 0 Å². The molecule has 0 aromatic heterocycles. The molecule has 1 aliphatic rings. The zero-order valence-electron chi connectivity index (χ0n) is 15.4. The van der Waals surface area contributed by atoms with Crippen molar-refractivity contribution in [1.82, 2.24) is 0 Å². The average molecular weight is 429 g/mol. The molecule has 2 N–H and O–H groups in total. The van der Waals surface area contributed by atoms with E-state index in [2.05, 4.69) is 16.3 Å². The third-order valence-corrected chi connectivity index (χ3v) is 4.54. The maximum absolute atomic E-state index is 12.3. The maximum atomic E-state index is 12.3. The van der Waals surface area contributed by atoms with Crippen LogP contribution < -0.4 is 10.2 Å². The quantitative estimate of drug-likeness (QED) is 0.737. The summed E-state index contributed by atoms with van der Waals surface area (Å²) in [5.41, 5.74) is 2.83. The van der Waals surface area contributed by atoms with E-state index in [1.165, 1.54) is 12.8 Å². The second kappa shape index (κ2) is 10.2. The molecule has 0 radical (unpaired) electrons. The second-order valence-electron chi connectivity index (χ2n) is 6.33. The van der Waals surface area contributed by atoms with Gasteiger partial charge in [0.1, 0.15) is 0 Å². The Kier molecular flexibility index (Phi) is 7.90. The highest BCUT2D eigenvalue weighted by Crippen LogP contribution is 2.29. The predicted octanol–water partition coefficient (Wildman–Crippen LogP) is 4.75. The Hall–Kier alpha value is -2.74. The molecule has 3 rings (SSSR count). The molecule has 9 heteroatoms. The first kappa shape index (κ1) is 22.5. The van der Waals surface area contributed by atoms with Crippen LogP contribution >= 0.6 is 11.6 Å². The van der Waals surface area contributed by atoms with Gasteiger partial charge in [-0.1, -0.05) is 41.9 Å². The van der Waals surface area contributed by atoms with Crippen LogP contribution in [0.15, 0.2) is 48.5 Å². The molecule has 156 valence electrons. The number of hydrogen-bond donors (Lipinski definition) is 2. The molecule has 2 aromatic carbocycles.